The molecule has 0 aliphatic heterocycles. The van der Waals surface area contributed by atoms with Gasteiger partial charge in [-0.2, -0.15) is 5.26 Å². The number of hydrogen-bond donors (Lipinski definition) is 1. The first-order valence-corrected chi connectivity index (χ1v) is 6.43. The number of nitrogens with one attached hydrogen (secondary N) is 1. The van der Waals surface area contributed by atoms with Crippen molar-refractivity contribution in [3.63, 3.8) is 0 Å². The molecule has 2 unspecified atom stereocenters. The molecule has 0 saturated heterocycles. The Bertz CT molecular complexity index is 466. The zero-order valence-corrected chi connectivity index (χ0v) is 10.7. The first-order valence-electron chi connectivity index (χ1n) is 5.99. The summed E-state index contributed by atoms with van der Waals surface area (Å²) < 4.78 is 0. The zero-order chi connectivity index (χ0) is 13.0. The second-order valence-electron chi connectivity index (χ2n) is 4.46. The first-order chi connectivity index (χ1) is 8.70. The van der Waals surface area contributed by atoms with Gasteiger partial charge in [-0.05, 0) is 30.9 Å². The number of alkyl halides is 1. The molecule has 0 radical (unpaired) electrons. The summed E-state index contributed by atoms with van der Waals surface area (Å²) in [4.78, 5) is 15.8. The minimum atomic E-state index is -0.213. The minimum Gasteiger partial charge on any atom is -0.350 e. The van der Waals surface area contributed by atoms with Gasteiger partial charge in [0.25, 0.3) is 5.91 Å². The monoisotopic (exact) mass is 263 g/mol. The van der Waals surface area contributed by atoms with Crippen molar-refractivity contribution in [1.29, 1.82) is 5.26 Å². The Kier molecular flexibility index (Phi) is 4.16. The molecule has 0 aromatic carbocycles. The number of halogens is 1. The minimum absolute atomic E-state index is 0.166. The predicted octanol–water partition coefficient (Wildman–Crippen LogP) is 2.09. The lowest BCUT2D eigenvalue weighted by atomic mass is 10.1. The summed E-state index contributed by atoms with van der Waals surface area (Å²) in [7, 11) is 0. The van der Waals surface area contributed by atoms with E-state index in [2.05, 4.69) is 10.3 Å². The number of amides is 1. The Morgan fingerprint density at radius 1 is 1.56 bits per heavy atom. The number of aromatic nitrogens is 1. The highest BCUT2D eigenvalue weighted by Crippen LogP contribution is 2.29. The lowest BCUT2D eigenvalue weighted by Crippen LogP contribution is -2.31. The van der Waals surface area contributed by atoms with Crippen LogP contribution in [0.2, 0.25) is 0 Å². The Morgan fingerprint density at radius 3 is 2.94 bits per heavy atom. The van der Waals surface area contributed by atoms with Gasteiger partial charge >= 0.3 is 0 Å². The Labute approximate surface area is 111 Å². The van der Waals surface area contributed by atoms with Crippen molar-refractivity contribution >= 4 is 17.5 Å². The van der Waals surface area contributed by atoms with E-state index in [0.29, 0.717) is 23.7 Å². The second-order valence-corrected chi connectivity index (χ2v) is 5.02. The van der Waals surface area contributed by atoms with Gasteiger partial charge in [0.15, 0.2) is 0 Å². The smallest absolute Gasteiger partial charge is 0.269 e. The van der Waals surface area contributed by atoms with Crippen LogP contribution in [0.15, 0.2) is 18.3 Å². The molecule has 1 amide bonds. The third-order valence-corrected chi connectivity index (χ3v) is 3.79. The number of carbonyl (C=O) groups excluding carboxylic acids is 1. The van der Waals surface area contributed by atoms with E-state index in [9.17, 15) is 4.79 Å². The molecule has 94 valence electrons. The van der Waals surface area contributed by atoms with Crippen LogP contribution in [0.3, 0.4) is 0 Å². The molecule has 2 rings (SSSR count). The molecule has 18 heavy (non-hydrogen) atoms. The molecule has 1 aliphatic rings. The Balaban J connectivity index is 1.89. The molecule has 1 aromatic rings. The largest absolute Gasteiger partial charge is 0.350 e. The van der Waals surface area contributed by atoms with Gasteiger partial charge in [0.2, 0.25) is 0 Å². The Hall–Kier alpha value is -1.60. The number of nitriles is 1. The number of rotatable bonds is 3. The molecule has 1 aliphatic carbocycles. The highest BCUT2D eigenvalue weighted by molar-refractivity contribution is 6.21. The van der Waals surface area contributed by atoms with Gasteiger partial charge < -0.3 is 5.32 Å². The highest BCUT2D eigenvalue weighted by atomic mass is 35.5. The van der Waals surface area contributed by atoms with Gasteiger partial charge in [-0.15, -0.1) is 11.6 Å². The van der Waals surface area contributed by atoms with Crippen LogP contribution in [0.4, 0.5) is 0 Å². The SMILES string of the molecule is N#Cc1ccc(C(=O)NCC2CCCC2Cl)nc1. The van der Waals surface area contributed by atoms with E-state index in [0.717, 1.165) is 19.3 Å². The molecule has 0 bridgehead atoms. The van der Waals surface area contributed by atoms with Gasteiger partial charge in [-0.1, -0.05) is 6.42 Å². The number of pyridine rings is 1. The lowest BCUT2D eigenvalue weighted by Gasteiger charge is -2.14. The van der Waals surface area contributed by atoms with Crippen LogP contribution in [0.25, 0.3) is 0 Å². The molecular weight excluding hydrogens is 250 g/mol. The van der Waals surface area contributed by atoms with E-state index in [-0.39, 0.29) is 11.3 Å². The van der Waals surface area contributed by atoms with Gasteiger partial charge in [0.05, 0.1) is 5.56 Å². The van der Waals surface area contributed by atoms with Crippen LogP contribution in [-0.2, 0) is 0 Å². The maximum Gasteiger partial charge on any atom is 0.269 e. The third-order valence-electron chi connectivity index (χ3n) is 3.22. The summed E-state index contributed by atoms with van der Waals surface area (Å²) in [6, 6.07) is 5.11. The molecule has 1 N–H and O–H groups in total. The third kappa shape index (κ3) is 2.99. The average molecular weight is 264 g/mol. The fourth-order valence-corrected chi connectivity index (χ4v) is 2.50. The summed E-state index contributed by atoms with van der Waals surface area (Å²) in [5.74, 6) is 0.143. The standard InChI is InChI=1S/C13H14ClN3O/c14-11-3-1-2-10(11)8-17-13(18)12-5-4-9(6-15)7-16-12/h4-5,7,10-11H,1-3,8H2,(H,17,18). The molecule has 5 heteroatoms. The van der Waals surface area contributed by atoms with Gasteiger partial charge in [-0.25, -0.2) is 4.98 Å². The summed E-state index contributed by atoms with van der Waals surface area (Å²) in [6.45, 7) is 0.592. The van der Waals surface area contributed by atoms with Gasteiger partial charge in [-0.3, -0.25) is 4.79 Å². The Morgan fingerprint density at radius 2 is 2.39 bits per heavy atom. The summed E-state index contributed by atoms with van der Waals surface area (Å²) >= 11 is 6.14. The van der Waals surface area contributed by atoms with E-state index < -0.39 is 0 Å². The van der Waals surface area contributed by atoms with E-state index in [1.807, 2.05) is 6.07 Å². The zero-order valence-electron chi connectivity index (χ0n) is 9.90. The fraction of sp³-hybridized carbons (Fsp3) is 0.462. The lowest BCUT2D eigenvalue weighted by molar-refractivity contribution is 0.0942. The van der Waals surface area contributed by atoms with Crippen molar-refractivity contribution in [2.75, 3.05) is 6.54 Å². The van der Waals surface area contributed by atoms with Gasteiger partial charge in [0.1, 0.15) is 11.8 Å². The van der Waals surface area contributed by atoms with E-state index in [1.165, 1.54) is 6.20 Å². The van der Waals surface area contributed by atoms with Crippen LogP contribution < -0.4 is 5.32 Å². The molecule has 4 nitrogen and oxygen atoms in total. The molecule has 2 atom stereocenters. The van der Waals surface area contributed by atoms with Crippen molar-refractivity contribution in [2.45, 2.75) is 24.6 Å². The number of nitrogens with zero attached hydrogens (tertiary/aromatic N) is 2. The summed E-state index contributed by atoms with van der Waals surface area (Å²) in [5, 5.41) is 11.6. The highest BCUT2D eigenvalue weighted by Gasteiger charge is 2.25. The quantitative estimate of drug-likeness (QED) is 0.849. The maximum absolute atomic E-state index is 11.8. The summed E-state index contributed by atoms with van der Waals surface area (Å²) in [6.07, 6.45) is 4.62. The van der Waals surface area contributed by atoms with Crippen molar-refractivity contribution in [3.05, 3.63) is 29.6 Å². The van der Waals surface area contributed by atoms with Crippen LogP contribution in [0, 0.1) is 17.2 Å². The van der Waals surface area contributed by atoms with Crippen LogP contribution >= 0.6 is 11.6 Å². The molecule has 1 aromatic heterocycles. The van der Waals surface area contributed by atoms with Crippen molar-refractivity contribution in [1.82, 2.24) is 10.3 Å². The average Bonchev–Trinajstić information content (AvgIpc) is 2.81. The van der Waals surface area contributed by atoms with Crippen LogP contribution in [0.5, 0.6) is 0 Å². The molecular formula is C13H14ClN3O. The van der Waals surface area contributed by atoms with Crippen molar-refractivity contribution in [2.24, 2.45) is 5.92 Å². The fourth-order valence-electron chi connectivity index (χ4n) is 2.13. The van der Waals surface area contributed by atoms with E-state index in [1.54, 1.807) is 12.1 Å². The van der Waals surface area contributed by atoms with Crippen molar-refractivity contribution in [3.8, 4) is 6.07 Å². The summed E-state index contributed by atoms with van der Waals surface area (Å²) in [5.41, 5.74) is 0.779. The molecule has 1 saturated carbocycles. The van der Waals surface area contributed by atoms with Crippen molar-refractivity contribution < 1.29 is 4.79 Å². The van der Waals surface area contributed by atoms with Gasteiger partial charge in [0, 0.05) is 18.1 Å². The van der Waals surface area contributed by atoms with Crippen LogP contribution in [0.1, 0.15) is 35.3 Å². The normalized spacial score (nSPS) is 22.4. The molecule has 1 heterocycles. The molecule has 0 spiro atoms. The molecule has 1 fully saturated rings. The maximum atomic E-state index is 11.8. The second kappa shape index (κ2) is 5.83. The first kappa shape index (κ1) is 12.8. The predicted molar refractivity (Wildman–Crippen MR) is 68.3 cm³/mol. The van der Waals surface area contributed by atoms with E-state index in [4.69, 9.17) is 16.9 Å². The number of carbonyl (C=O) groups is 1. The number of hydrogen-bond acceptors (Lipinski definition) is 3. The van der Waals surface area contributed by atoms with E-state index >= 15 is 0 Å². The van der Waals surface area contributed by atoms with Crippen LogP contribution in [-0.4, -0.2) is 22.8 Å². The topological polar surface area (TPSA) is 65.8 Å².